The number of pyridine rings is 1. The average Bonchev–Trinajstić information content (AvgIpc) is 3.03. The van der Waals surface area contributed by atoms with Crippen LogP contribution in [0.4, 0.5) is 28.9 Å². The van der Waals surface area contributed by atoms with Gasteiger partial charge in [0.1, 0.15) is 29.7 Å². The van der Waals surface area contributed by atoms with Crippen LogP contribution in [0.25, 0.3) is 0 Å². The number of aromatic nitrogens is 1. The van der Waals surface area contributed by atoms with Gasteiger partial charge in [-0.05, 0) is 36.8 Å². The first-order valence-electron chi connectivity index (χ1n) is 14.1. The quantitative estimate of drug-likeness (QED) is 0.139. The van der Waals surface area contributed by atoms with Gasteiger partial charge in [0.15, 0.2) is 11.6 Å². The second-order valence-corrected chi connectivity index (χ2v) is 10.3. The molecule has 14 heteroatoms. The highest BCUT2D eigenvalue weighted by Gasteiger charge is 2.22. The molecule has 1 atom stereocenters. The molecule has 47 heavy (non-hydrogen) atoms. The van der Waals surface area contributed by atoms with Crippen LogP contribution in [0.2, 0.25) is 0 Å². The summed E-state index contributed by atoms with van der Waals surface area (Å²) in [5, 5.41) is 14.2. The summed E-state index contributed by atoms with van der Waals surface area (Å²) in [6.07, 6.45) is -0.0285. The molecule has 0 radical (unpaired) electrons. The Morgan fingerprint density at radius 3 is 2.45 bits per heavy atom. The minimum Gasteiger partial charge on any atom is -0.473 e. The molecule has 2 heterocycles. The highest BCUT2D eigenvalue weighted by Crippen LogP contribution is 2.30. The zero-order chi connectivity index (χ0) is 33.5. The normalized spacial score (nSPS) is 13.6. The van der Waals surface area contributed by atoms with Crippen molar-refractivity contribution in [3.8, 4) is 23.6 Å². The number of hydrogen-bond donors (Lipinski definition) is 2. The number of hydrogen-bond acceptors (Lipinski definition) is 9. The van der Waals surface area contributed by atoms with Gasteiger partial charge in [-0.15, -0.1) is 0 Å². The second kappa shape index (κ2) is 14.6. The van der Waals surface area contributed by atoms with Crippen LogP contribution in [0.15, 0.2) is 60.7 Å². The topological polar surface area (TPSA) is 132 Å². The first-order chi connectivity index (χ1) is 22.6. The van der Waals surface area contributed by atoms with Crippen LogP contribution in [-0.4, -0.2) is 43.2 Å². The Morgan fingerprint density at radius 1 is 0.979 bits per heavy atom. The molecule has 0 spiro atoms. The van der Waals surface area contributed by atoms with E-state index in [2.05, 4.69) is 20.4 Å². The summed E-state index contributed by atoms with van der Waals surface area (Å²) < 4.78 is 80.1. The van der Waals surface area contributed by atoms with Crippen LogP contribution < -0.4 is 20.1 Å². The number of nitrogens with zero attached hydrogens (tertiary/aromatic N) is 2. The Balaban J connectivity index is 1.25. The summed E-state index contributed by atoms with van der Waals surface area (Å²) in [6.45, 7) is 0.631. The van der Waals surface area contributed by atoms with Gasteiger partial charge in [0.05, 0.1) is 42.5 Å². The SMILES string of the molecule is COC(=O)c1cc(F)c(NC(=O)Cc2cc(F)c(Oc3cccc(OCc4ccc(C#N)cc4F)n3)cc2F)c(NC[C@@H]2CCO2)c1. The molecule has 1 aliphatic heterocycles. The molecule has 5 rings (SSSR count). The van der Waals surface area contributed by atoms with E-state index in [1.165, 1.54) is 36.4 Å². The lowest BCUT2D eigenvalue weighted by Crippen LogP contribution is -2.33. The zero-order valence-electron chi connectivity index (χ0n) is 24.7. The van der Waals surface area contributed by atoms with Gasteiger partial charge in [-0.3, -0.25) is 4.79 Å². The molecule has 0 saturated carbocycles. The lowest BCUT2D eigenvalue weighted by molar-refractivity contribution is -0.115. The zero-order valence-corrected chi connectivity index (χ0v) is 24.7. The van der Waals surface area contributed by atoms with Crippen LogP contribution >= 0.6 is 0 Å². The number of methoxy groups -OCH3 is 1. The number of rotatable bonds is 12. The number of nitrogens with one attached hydrogen (secondary N) is 2. The number of benzene rings is 3. The third-order valence-corrected chi connectivity index (χ3v) is 7.01. The van der Waals surface area contributed by atoms with Crippen molar-refractivity contribution in [2.75, 3.05) is 30.9 Å². The van der Waals surface area contributed by atoms with E-state index in [1.54, 1.807) is 0 Å². The maximum atomic E-state index is 15.1. The number of carbonyl (C=O) groups excluding carboxylic acids is 2. The second-order valence-electron chi connectivity index (χ2n) is 10.3. The van der Waals surface area contributed by atoms with E-state index in [4.69, 9.17) is 19.5 Å². The van der Waals surface area contributed by atoms with Crippen molar-refractivity contribution in [2.24, 2.45) is 0 Å². The molecule has 2 N–H and O–H groups in total. The van der Waals surface area contributed by atoms with Gasteiger partial charge in [-0.1, -0.05) is 12.1 Å². The minimum atomic E-state index is -1.02. The molecule has 1 amide bonds. The predicted octanol–water partition coefficient (Wildman–Crippen LogP) is 6.05. The molecule has 1 fully saturated rings. The van der Waals surface area contributed by atoms with Gasteiger partial charge in [0.25, 0.3) is 0 Å². The van der Waals surface area contributed by atoms with Crippen molar-refractivity contribution in [3.05, 3.63) is 106 Å². The molecule has 1 aliphatic rings. The van der Waals surface area contributed by atoms with Crippen molar-refractivity contribution < 1.29 is 46.1 Å². The van der Waals surface area contributed by atoms with Gasteiger partial charge >= 0.3 is 5.97 Å². The molecular weight excluding hydrogens is 624 g/mol. The number of halogens is 4. The lowest BCUT2D eigenvalue weighted by atomic mass is 10.1. The minimum absolute atomic E-state index is 0.00125. The molecule has 0 unspecified atom stereocenters. The van der Waals surface area contributed by atoms with Gasteiger partial charge < -0.3 is 29.6 Å². The molecule has 0 bridgehead atoms. The van der Waals surface area contributed by atoms with E-state index in [9.17, 15) is 18.4 Å². The highest BCUT2D eigenvalue weighted by molar-refractivity contribution is 5.98. The summed E-state index contributed by atoms with van der Waals surface area (Å²) in [7, 11) is 1.14. The molecule has 10 nitrogen and oxygen atoms in total. The summed E-state index contributed by atoms with van der Waals surface area (Å²) in [4.78, 5) is 28.9. The molecule has 242 valence electrons. The van der Waals surface area contributed by atoms with Crippen LogP contribution in [0, 0.1) is 34.6 Å². The smallest absolute Gasteiger partial charge is 0.338 e. The summed E-state index contributed by atoms with van der Waals surface area (Å²) in [5.74, 6) is -5.95. The lowest BCUT2D eigenvalue weighted by Gasteiger charge is -2.27. The number of anilines is 2. The standard InChI is InChI=1S/C33H26F4N4O6/c1-44-33(43)21-11-26(37)32(27(12-21)39-16-22-7-8-45-22)40-29(42)13-20-10-25(36)28(14-24(20)35)47-31-4-2-3-30(41-31)46-17-19-6-5-18(15-38)9-23(19)34/h2-6,9-12,14,22,39H,7-8,13,16-17H2,1H3,(H,40,42)/t22-/m0/s1. The van der Waals surface area contributed by atoms with Crippen LogP contribution in [-0.2, 0) is 27.3 Å². The Kier molecular flexibility index (Phi) is 10.2. The molecule has 3 aromatic carbocycles. The summed E-state index contributed by atoms with van der Waals surface area (Å²) in [6, 6.07) is 13.7. The number of esters is 1. The Hall–Kier alpha value is -5.68. The fraction of sp³-hybridized carbons (Fsp3) is 0.212. The average molecular weight is 651 g/mol. The molecule has 1 saturated heterocycles. The number of nitriles is 1. The first-order valence-corrected chi connectivity index (χ1v) is 14.1. The Labute approximate surface area is 265 Å². The van der Waals surface area contributed by atoms with E-state index in [0.717, 1.165) is 37.8 Å². The van der Waals surface area contributed by atoms with E-state index < -0.39 is 47.3 Å². The molecule has 1 aromatic heterocycles. The third-order valence-electron chi connectivity index (χ3n) is 7.01. The van der Waals surface area contributed by atoms with Crippen molar-refractivity contribution in [1.82, 2.24) is 4.98 Å². The Morgan fingerprint density at radius 2 is 1.74 bits per heavy atom. The predicted molar refractivity (Wildman–Crippen MR) is 159 cm³/mol. The van der Waals surface area contributed by atoms with Gasteiger partial charge in [0, 0.05) is 42.5 Å². The highest BCUT2D eigenvalue weighted by atomic mass is 19.1. The van der Waals surface area contributed by atoms with Crippen molar-refractivity contribution in [1.29, 1.82) is 5.26 Å². The Bertz CT molecular complexity index is 1860. The van der Waals surface area contributed by atoms with Gasteiger partial charge in [-0.2, -0.15) is 10.2 Å². The maximum Gasteiger partial charge on any atom is 0.338 e. The van der Waals surface area contributed by atoms with Crippen molar-refractivity contribution >= 4 is 23.3 Å². The van der Waals surface area contributed by atoms with Crippen molar-refractivity contribution in [2.45, 2.75) is 25.6 Å². The van der Waals surface area contributed by atoms with Crippen LogP contribution in [0.1, 0.15) is 33.5 Å². The maximum absolute atomic E-state index is 15.1. The van der Waals surface area contributed by atoms with Gasteiger partial charge in [-0.25, -0.2) is 22.4 Å². The number of ether oxygens (including phenoxy) is 4. The van der Waals surface area contributed by atoms with E-state index >= 15 is 8.78 Å². The van der Waals surface area contributed by atoms with E-state index in [0.29, 0.717) is 6.61 Å². The number of carbonyl (C=O) groups is 2. The van der Waals surface area contributed by atoms with E-state index in [-0.39, 0.29) is 64.6 Å². The fourth-order valence-electron chi connectivity index (χ4n) is 4.45. The third kappa shape index (κ3) is 8.13. The molecule has 4 aromatic rings. The first kappa shape index (κ1) is 32.7. The molecule has 0 aliphatic carbocycles. The molecular formula is C33H26F4N4O6. The van der Waals surface area contributed by atoms with Crippen LogP contribution in [0.3, 0.4) is 0 Å². The van der Waals surface area contributed by atoms with Gasteiger partial charge in [0.2, 0.25) is 17.7 Å². The largest absolute Gasteiger partial charge is 0.473 e. The summed E-state index contributed by atoms with van der Waals surface area (Å²) in [5.41, 5.74) is -0.343. The monoisotopic (exact) mass is 650 g/mol. The van der Waals surface area contributed by atoms with E-state index in [1.807, 2.05) is 6.07 Å². The van der Waals surface area contributed by atoms with Crippen LogP contribution in [0.5, 0.6) is 17.5 Å². The summed E-state index contributed by atoms with van der Waals surface area (Å²) >= 11 is 0. The fourth-order valence-corrected chi connectivity index (χ4v) is 4.45. The van der Waals surface area contributed by atoms with Crippen molar-refractivity contribution in [3.63, 3.8) is 0 Å². The number of amides is 1.